The summed E-state index contributed by atoms with van der Waals surface area (Å²) in [5, 5.41) is 12.2. The summed E-state index contributed by atoms with van der Waals surface area (Å²) in [4.78, 5) is 13.8. The summed E-state index contributed by atoms with van der Waals surface area (Å²) in [6.07, 6.45) is -4.94. The number of carbonyl (C=O) groups is 1. The molecule has 0 aromatic rings. The zero-order valence-electron chi connectivity index (χ0n) is 13.5. The highest BCUT2D eigenvalue weighted by atomic mass is 19.4. The largest absolute Gasteiger partial charge is 0.414 e. The Hall–Kier alpha value is -1.02. The van der Waals surface area contributed by atoms with E-state index in [-0.39, 0.29) is 50.2 Å². The van der Waals surface area contributed by atoms with Crippen LogP contribution in [-0.2, 0) is 4.74 Å². The summed E-state index contributed by atoms with van der Waals surface area (Å²) in [6.45, 7) is 4.38. The number of halogens is 3. The first kappa shape index (κ1) is 18.3. The van der Waals surface area contributed by atoms with Crippen LogP contribution in [0.15, 0.2) is 0 Å². The van der Waals surface area contributed by atoms with Crippen LogP contribution in [-0.4, -0.2) is 59.7 Å². The number of nitrogens with zero attached hydrogens (tertiary/aromatic N) is 1. The van der Waals surface area contributed by atoms with Gasteiger partial charge in [0.15, 0.2) is 6.10 Å². The Morgan fingerprint density at radius 2 is 1.74 bits per heavy atom. The standard InChI is InChI=1S/C15H25F3N2O3/c1-9-7-12(8-10(2)23-9)19-14(22)20-5-3-11(4-6-20)13(21)15(16,17)18/h9-13,21H,3-8H2,1-2H3,(H,19,22). The van der Waals surface area contributed by atoms with E-state index in [4.69, 9.17) is 4.74 Å². The smallest absolute Gasteiger partial charge is 0.383 e. The maximum Gasteiger partial charge on any atom is 0.414 e. The maximum absolute atomic E-state index is 12.5. The van der Waals surface area contributed by atoms with E-state index in [2.05, 4.69) is 5.32 Å². The van der Waals surface area contributed by atoms with Crippen LogP contribution >= 0.6 is 0 Å². The molecule has 2 aliphatic rings. The van der Waals surface area contributed by atoms with Gasteiger partial charge in [-0.05, 0) is 45.4 Å². The van der Waals surface area contributed by atoms with Crippen LogP contribution in [0.4, 0.5) is 18.0 Å². The fraction of sp³-hybridized carbons (Fsp3) is 0.933. The third kappa shape index (κ3) is 4.97. The van der Waals surface area contributed by atoms with Crippen molar-refractivity contribution in [2.75, 3.05) is 13.1 Å². The van der Waals surface area contributed by atoms with Crippen LogP contribution < -0.4 is 5.32 Å². The number of rotatable bonds is 2. The summed E-state index contributed by atoms with van der Waals surface area (Å²) in [5.74, 6) is -0.831. The van der Waals surface area contributed by atoms with Crippen LogP contribution in [0.3, 0.4) is 0 Å². The Morgan fingerprint density at radius 3 is 2.22 bits per heavy atom. The van der Waals surface area contributed by atoms with Gasteiger partial charge in [0.25, 0.3) is 0 Å². The molecule has 0 bridgehead atoms. The van der Waals surface area contributed by atoms with E-state index in [1.165, 1.54) is 4.90 Å². The normalized spacial score (nSPS) is 31.7. The van der Waals surface area contributed by atoms with E-state index in [9.17, 15) is 23.1 Å². The average Bonchev–Trinajstić information content (AvgIpc) is 2.44. The predicted molar refractivity (Wildman–Crippen MR) is 77.9 cm³/mol. The maximum atomic E-state index is 12.5. The third-order valence-corrected chi connectivity index (χ3v) is 4.63. The molecule has 3 unspecified atom stereocenters. The molecule has 2 aliphatic heterocycles. The van der Waals surface area contributed by atoms with Gasteiger partial charge < -0.3 is 20.1 Å². The first-order chi connectivity index (χ1) is 10.7. The Kier molecular flexibility index (Phi) is 5.78. The van der Waals surface area contributed by atoms with E-state index in [1.54, 1.807) is 0 Å². The number of hydrogen-bond donors (Lipinski definition) is 2. The van der Waals surface area contributed by atoms with E-state index in [0.717, 1.165) is 12.8 Å². The van der Waals surface area contributed by atoms with Gasteiger partial charge in [0.1, 0.15) is 0 Å². The number of hydrogen-bond acceptors (Lipinski definition) is 3. The minimum atomic E-state index is -4.59. The summed E-state index contributed by atoms with van der Waals surface area (Å²) in [5.41, 5.74) is 0. The summed E-state index contributed by atoms with van der Waals surface area (Å²) < 4.78 is 43.2. The number of piperidine rings is 1. The highest BCUT2D eigenvalue weighted by molar-refractivity contribution is 5.74. The lowest BCUT2D eigenvalue weighted by molar-refractivity contribution is -0.222. The van der Waals surface area contributed by atoms with Crippen molar-refractivity contribution in [2.45, 2.75) is 70.1 Å². The summed E-state index contributed by atoms with van der Waals surface area (Å²) >= 11 is 0. The van der Waals surface area contributed by atoms with Crippen molar-refractivity contribution in [1.82, 2.24) is 10.2 Å². The monoisotopic (exact) mass is 338 g/mol. The molecule has 0 aromatic heterocycles. The number of aliphatic hydroxyl groups excluding tert-OH is 1. The number of ether oxygens (including phenoxy) is 1. The zero-order valence-corrected chi connectivity index (χ0v) is 13.5. The molecule has 0 radical (unpaired) electrons. The molecule has 0 spiro atoms. The van der Waals surface area contributed by atoms with E-state index < -0.39 is 18.2 Å². The van der Waals surface area contributed by atoms with Gasteiger partial charge in [-0.1, -0.05) is 0 Å². The average molecular weight is 338 g/mol. The number of aliphatic hydroxyl groups is 1. The first-order valence-corrected chi connectivity index (χ1v) is 8.12. The molecule has 0 aliphatic carbocycles. The van der Waals surface area contributed by atoms with Crippen molar-refractivity contribution in [1.29, 1.82) is 0 Å². The molecular formula is C15H25F3N2O3. The molecule has 2 fully saturated rings. The van der Waals surface area contributed by atoms with Crippen LogP contribution in [0.1, 0.15) is 39.5 Å². The Morgan fingerprint density at radius 1 is 1.22 bits per heavy atom. The number of nitrogens with one attached hydrogen (secondary N) is 1. The van der Waals surface area contributed by atoms with Crippen molar-refractivity contribution >= 4 is 6.03 Å². The van der Waals surface area contributed by atoms with Gasteiger partial charge in [0, 0.05) is 19.1 Å². The number of likely N-dealkylation sites (tertiary alicyclic amines) is 1. The van der Waals surface area contributed by atoms with Crippen LogP contribution in [0.25, 0.3) is 0 Å². The van der Waals surface area contributed by atoms with Crippen LogP contribution in [0.2, 0.25) is 0 Å². The van der Waals surface area contributed by atoms with Gasteiger partial charge in [-0.2, -0.15) is 13.2 Å². The van der Waals surface area contributed by atoms with E-state index >= 15 is 0 Å². The predicted octanol–water partition coefficient (Wildman–Crippen LogP) is 2.29. The number of amides is 2. The minimum absolute atomic E-state index is 0.0275. The van der Waals surface area contributed by atoms with Gasteiger partial charge in [-0.15, -0.1) is 0 Å². The molecule has 5 nitrogen and oxygen atoms in total. The lowest BCUT2D eigenvalue weighted by Gasteiger charge is -2.37. The molecule has 2 N–H and O–H groups in total. The van der Waals surface area contributed by atoms with Crippen molar-refractivity contribution in [3.8, 4) is 0 Å². The Bertz CT molecular complexity index is 401. The number of urea groups is 1. The fourth-order valence-electron chi connectivity index (χ4n) is 3.47. The molecule has 23 heavy (non-hydrogen) atoms. The lowest BCUT2D eigenvalue weighted by atomic mass is 9.91. The van der Waals surface area contributed by atoms with Crippen LogP contribution in [0, 0.1) is 5.92 Å². The highest BCUT2D eigenvalue weighted by Crippen LogP contribution is 2.31. The molecular weight excluding hydrogens is 313 g/mol. The van der Waals surface area contributed by atoms with Crippen LogP contribution in [0.5, 0.6) is 0 Å². The van der Waals surface area contributed by atoms with Crippen molar-refractivity contribution in [2.24, 2.45) is 5.92 Å². The molecule has 8 heteroatoms. The minimum Gasteiger partial charge on any atom is -0.383 e. The molecule has 3 atom stereocenters. The second-order valence-electron chi connectivity index (χ2n) is 6.69. The van der Waals surface area contributed by atoms with E-state index in [1.807, 2.05) is 13.8 Å². The first-order valence-electron chi connectivity index (χ1n) is 8.12. The molecule has 2 heterocycles. The molecule has 2 rings (SSSR count). The Labute approximate surface area is 134 Å². The molecule has 0 saturated carbocycles. The van der Waals surface area contributed by atoms with Gasteiger partial charge in [0.2, 0.25) is 0 Å². The highest BCUT2D eigenvalue weighted by Gasteiger charge is 2.44. The second-order valence-corrected chi connectivity index (χ2v) is 6.69. The molecule has 2 amide bonds. The fourth-order valence-corrected chi connectivity index (χ4v) is 3.47. The van der Waals surface area contributed by atoms with Crippen molar-refractivity contribution in [3.63, 3.8) is 0 Å². The number of alkyl halides is 3. The summed E-state index contributed by atoms with van der Waals surface area (Å²) in [6, 6.07) is -0.212. The second kappa shape index (κ2) is 7.25. The lowest BCUT2D eigenvalue weighted by Crippen LogP contribution is -2.52. The Balaban J connectivity index is 1.80. The molecule has 134 valence electrons. The summed E-state index contributed by atoms with van der Waals surface area (Å²) in [7, 11) is 0. The van der Waals surface area contributed by atoms with E-state index in [0.29, 0.717) is 0 Å². The van der Waals surface area contributed by atoms with Gasteiger partial charge in [-0.3, -0.25) is 0 Å². The van der Waals surface area contributed by atoms with Gasteiger partial charge in [-0.25, -0.2) is 4.79 Å². The zero-order chi connectivity index (χ0) is 17.2. The third-order valence-electron chi connectivity index (χ3n) is 4.63. The number of carbonyl (C=O) groups excluding carboxylic acids is 1. The van der Waals surface area contributed by atoms with Crippen molar-refractivity contribution < 1.29 is 27.8 Å². The topological polar surface area (TPSA) is 61.8 Å². The van der Waals surface area contributed by atoms with Crippen molar-refractivity contribution in [3.05, 3.63) is 0 Å². The SMILES string of the molecule is CC1CC(NC(=O)N2CCC(C(O)C(F)(F)F)CC2)CC(C)O1. The van der Waals surface area contributed by atoms with Gasteiger partial charge >= 0.3 is 12.2 Å². The molecule has 2 saturated heterocycles. The quantitative estimate of drug-likeness (QED) is 0.812. The van der Waals surface area contributed by atoms with Gasteiger partial charge in [0.05, 0.1) is 12.2 Å². The molecule has 0 aromatic carbocycles.